The van der Waals surface area contributed by atoms with Gasteiger partial charge in [0.15, 0.2) is 0 Å². The molecule has 0 saturated carbocycles. The summed E-state index contributed by atoms with van der Waals surface area (Å²) in [6, 6.07) is 3.59. The van der Waals surface area contributed by atoms with Crippen LogP contribution in [0.5, 0.6) is 0 Å². The average Bonchev–Trinajstić information content (AvgIpc) is 2.44. The summed E-state index contributed by atoms with van der Waals surface area (Å²) < 4.78 is 27.5. The average molecular weight is 370 g/mol. The number of carbonyl (C=O) groups is 2. The van der Waals surface area contributed by atoms with E-state index in [4.69, 9.17) is 5.11 Å². The second-order valence-corrected chi connectivity index (χ2v) is 7.79. The van der Waals surface area contributed by atoms with Crippen LogP contribution in [0.15, 0.2) is 17.0 Å². The van der Waals surface area contributed by atoms with E-state index in [1.54, 1.807) is 26.0 Å². The van der Waals surface area contributed by atoms with Crippen LogP contribution in [0.25, 0.3) is 0 Å². The van der Waals surface area contributed by atoms with Crippen molar-refractivity contribution in [2.24, 2.45) is 0 Å². The fraction of sp³-hybridized carbons (Fsp3) is 0.529. The molecular weight excluding hydrogens is 344 g/mol. The molecule has 0 saturated heterocycles. The van der Waals surface area contributed by atoms with Crippen LogP contribution in [0.2, 0.25) is 0 Å². The molecule has 0 aromatic heterocycles. The lowest BCUT2D eigenvalue weighted by Crippen LogP contribution is -2.38. The first kappa shape index (κ1) is 21.1. The quantitative estimate of drug-likeness (QED) is 0.687. The summed E-state index contributed by atoms with van der Waals surface area (Å²) >= 11 is 0. The summed E-state index contributed by atoms with van der Waals surface area (Å²) in [4.78, 5) is 24.3. The van der Waals surface area contributed by atoms with Crippen molar-refractivity contribution in [2.75, 3.05) is 19.6 Å². The highest BCUT2D eigenvalue weighted by Crippen LogP contribution is 2.21. The number of aryl methyl sites for hydroxylation is 3. The molecule has 0 spiro atoms. The third-order valence-electron chi connectivity index (χ3n) is 3.68. The van der Waals surface area contributed by atoms with Gasteiger partial charge in [0.25, 0.3) is 0 Å². The van der Waals surface area contributed by atoms with Gasteiger partial charge in [-0.2, -0.15) is 0 Å². The van der Waals surface area contributed by atoms with Gasteiger partial charge in [-0.3, -0.25) is 9.59 Å². The maximum atomic E-state index is 12.5. The van der Waals surface area contributed by atoms with E-state index in [-0.39, 0.29) is 30.3 Å². The lowest BCUT2D eigenvalue weighted by Gasteiger charge is -2.20. The number of nitrogens with zero attached hydrogens (tertiary/aromatic N) is 1. The highest BCUT2D eigenvalue weighted by molar-refractivity contribution is 7.89. The molecule has 0 radical (unpaired) electrons. The molecule has 1 aromatic carbocycles. The number of hydrogen-bond donors (Lipinski definition) is 2. The molecule has 1 amide bonds. The Bertz CT molecular complexity index is 720. The molecule has 0 atom stereocenters. The van der Waals surface area contributed by atoms with Crippen molar-refractivity contribution in [1.82, 2.24) is 9.62 Å². The summed E-state index contributed by atoms with van der Waals surface area (Å²) in [5.41, 5.74) is 2.28. The standard InChI is InChI=1S/C17H26N2O5S/c1-5-8-19(11-16(21)22)15(20)6-7-18-25(23,24)17-13(3)9-12(2)10-14(17)4/h9-10,18H,5-8,11H2,1-4H3,(H,21,22). The topological polar surface area (TPSA) is 104 Å². The molecule has 7 nitrogen and oxygen atoms in total. The van der Waals surface area contributed by atoms with Crippen LogP contribution in [0.3, 0.4) is 0 Å². The van der Waals surface area contributed by atoms with Crippen LogP contribution >= 0.6 is 0 Å². The fourth-order valence-electron chi connectivity index (χ4n) is 2.84. The van der Waals surface area contributed by atoms with E-state index in [1.165, 1.54) is 4.90 Å². The Morgan fingerprint density at radius 3 is 2.20 bits per heavy atom. The SMILES string of the molecule is CCCN(CC(=O)O)C(=O)CCNS(=O)(=O)c1c(C)cc(C)cc1C. The Morgan fingerprint density at radius 2 is 1.72 bits per heavy atom. The van der Waals surface area contributed by atoms with Crippen molar-refractivity contribution in [3.05, 3.63) is 28.8 Å². The Morgan fingerprint density at radius 1 is 1.16 bits per heavy atom. The minimum atomic E-state index is -3.73. The third kappa shape index (κ3) is 6.13. The van der Waals surface area contributed by atoms with Gasteiger partial charge in [-0.1, -0.05) is 24.6 Å². The molecule has 0 aliphatic carbocycles. The number of carboxylic acids is 1. The molecule has 25 heavy (non-hydrogen) atoms. The number of sulfonamides is 1. The lowest BCUT2D eigenvalue weighted by atomic mass is 10.1. The molecule has 0 fully saturated rings. The summed E-state index contributed by atoms with van der Waals surface area (Å²) in [6.45, 7) is 7.07. The minimum Gasteiger partial charge on any atom is -0.480 e. The maximum Gasteiger partial charge on any atom is 0.323 e. The van der Waals surface area contributed by atoms with E-state index in [0.29, 0.717) is 24.1 Å². The summed E-state index contributed by atoms with van der Waals surface area (Å²) in [5.74, 6) is -1.47. The highest BCUT2D eigenvalue weighted by Gasteiger charge is 2.21. The smallest absolute Gasteiger partial charge is 0.323 e. The maximum absolute atomic E-state index is 12.5. The number of benzene rings is 1. The number of nitrogens with one attached hydrogen (secondary N) is 1. The van der Waals surface area contributed by atoms with E-state index < -0.39 is 16.0 Å². The zero-order chi connectivity index (χ0) is 19.2. The largest absolute Gasteiger partial charge is 0.480 e. The van der Waals surface area contributed by atoms with Crippen LogP contribution in [0.1, 0.15) is 36.5 Å². The first-order valence-corrected chi connectivity index (χ1v) is 9.64. The van der Waals surface area contributed by atoms with Crippen molar-refractivity contribution >= 4 is 21.9 Å². The van der Waals surface area contributed by atoms with Gasteiger partial charge in [-0.05, 0) is 38.3 Å². The monoisotopic (exact) mass is 370 g/mol. The van der Waals surface area contributed by atoms with Gasteiger partial charge < -0.3 is 10.0 Å². The van der Waals surface area contributed by atoms with E-state index in [9.17, 15) is 18.0 Å². The summed E-state index contributed by atoms with van der Waals surface area (Å²) in [7, 11) is -3.73. The molecule has 0 bridgehead atoms. The molecule has 0 aliphatic rings. The first-order valence-electron chi connectivity index (χ1n) is 8.15. The predicted octanol–water partition coefficient (Wildman–Crippen LogP) is 1.60. The number of carboxylic acid groups (broad SMARTS) is 1. The molecule has 1 aromatic rings. The molecule has 140 valence electrons. The van der Waals surface area contributed by atoms with Crippen molar-refractivity contribution in [1.29, 1.82) is 0 Å². The third-order valence-corrected chi connectivity index (χ3v) is 5.44. The van der Waals surface area contributed by atoms with Gasteiger partial charge in [0.1, 0.15) is 6.54 Å². The second-order valence-electron chi connectivity index (χ2n) is 6.08. The predicted molar refractivity (Wildman–Crippen MR) is 95.0 cm³/mol. The van der Waals surface area contributed by atoms with Crippen molar-refractivity contribution in [2.45, 2.75) is 45.4 Å². The summed E-state index contributed by atoms with van der Waals surface area (Å²) in [6.07, 6.45) is 0.545. The van der Waals surface area contributed by atoms with Gasteiger partial charge in [0.05, 0.1) is 4.90 Å². The van der Waals surface area contributed by atoms with Gasteiger partial charge in [-0.15, -0.1) is 0 Å². The molecule has 0 heterocycles. The zero-order valence-corrected chi connectivity index (χ0v) is 15.9. The first-order chi connectivity index (χ1) is 11.6. The number of amides is 1. The van der Waals surface area contributed by atoms with E-state index in [1.807, 2.05) is 13.8 Å². The number of hydrogen-bond acceptors (Lipinski definition) is 4. The van der Waals surface area contributed by atoms with Crippen molar-refractivity contribution in [3.8, 4) is 0 Å². The van der Waals surface area contributed by atoms with E-state index in [0.717, 1.165) is 5.56 Å². The van der Waals surface area contributed by atoms with Gasteiger partial charge >= 0.3 is 5.97 Å². The Labute approximate surface area is 149 Å². The van der Waals surface area contributed by atoms with E-state index >= 15 is 0 Å². The molecule has 1 rings (SSSR count). The number of rotatable bonds is 9. The Balaban J connectivity index is 2.77. The lowest BCUT2D eigenvalue weighted by molar-refractivity contribution is -0.144. The molecule has 8 heteroatoms. The Hall–Kier alpha value is -1.93. The Kier molecular flexibility index (Phi) is 7.57. The normalized spacial score (nSPS) is 11.4. The summed E-state index contributed by atoms with van der Waals surface area (Å²) in [5, 5.41) is 8.84. The number of carbonyl (C=O) groups excluding carboxylic acids is 1. The van der Waals surface area contributed by atoms with Gasteiger partial charge in [-0.25, -0.2) is 13.1 Å². The van der Waals surface area contributed by atoms with Crippen LogP contribution in [0.4, 0.5) is 0 Å². The minimum absolute atomic E-state index is 0.0756. The fourth-order valence-corrected chi connectivity index (χ4v) is 4.32. The number of aliphatic carboxylic acids is 1. The van der Waals surface area contributed by atoms with Crippen molar-refractivity contribution < 1.29 is 23.1 Å². The second kappa shape index (κ2) is 8.96. The van der Waals surface area contributed by atoms with Gasteiger partial charge in [0, 0.05) is 19.5 Å². The highest BCUT2D eigenvalue weighted by atomic mass is 32.2. The van der Waals surface area contributed by atoms with Crippen LogP contribution in [0, 0.1) is 20.8 Å². The molecule has 0 unspecified atom stereocenters. The van der Waals surface area contributed by atoms with Gasteiger partial charge in [0.2, 0.25) is 15.9 Å². The van der Waals surface area contributed by atoms with E-state index in [2.05, 4.69) is 4.72 Å². The zero-order valence-electron chi connectivity index (χ0n) is 15.1. The molecule has 0 aliphatic heterocycles. The molecular formula is C17H26N2O5S. The van der Waals surface area contributed by atoms with Crippen LogP contribution in [-0.4, -0.2) is 49.9 Å². The molecule has 2 N–H and O–H groups in total. The van der Waals surface area contributed by atoms with Crippen molar-refractivity contribution in [3.63, 3.8) is 0 Å². The van der Waals surface area contributed by atoms with Crippen LogP contribution < -0.4 is 4.72 Å². The van der Waals surface area contributed by atoms with Crippen LogP contribution in [-0.2, 0) is 19.6 Å².